The number of hydrogen-bond donors (Lipinski definition) is 0. The molecule has 4 rings (SSSR count). The second-order valence-electron chi connectivity index (χ2n) is 7.76. The van der Waals surface area contributed by atoms with E-state index in [9.17, 15) is 9.59 Å². The second kappa shape index (κ2) is 7.46. The van der Waals surface area contributed by atoms with Gasteiger partial charge in [0.05, 0.1) is 25.0 Å². The molecule has 1 aromatic heterocycles. The van der Waals surface area contributed by atoms with Gasteiger partial charge in [-0.15, -0.1) is 5.10 Å². The standard InChI is InChI=1S/C20H21Cl2N5O2/c1-13(2)26-10-18(28)27(9-14-3-5-15(21)6-4-14)20(19(26)29)11-25(12-20)16-7-17(22)24-23-8-16/h3-8,13H,9-12H2,1-2H3. The molecule has 0 saturated carbocycles. The molecule has 9 heteroatoms. The van der Waals surface area contributed by atoms with E-state index in [0.717, 1.165) is 11.3 Å². The number of rotatable bonds is 4. The molecule has 29 heavy (non-hydrogen) atoms. The summed E-state index contributed by atoms with van der Waals surface area (Å²) in [5.41, 5.74) is 0.804. The van der Waals surface area contributed by atoms with E-state index in [2.05, 4.69) is 10.2 Å². The molecule has 2 saturated heterocycles. The van der Waals surface area contributed by atoms with Crippen LogP contribution in [0.2, 0.25) is 10.2 Å². The summed E-state index contributed by atoms with van der Waals surface area (Å²) in [4.78, 5) is 31.9. The number of hydrogen-bond acceptors (Lipinski definition) is 5. The number of halogens is 2. The molecular formula is C20H21Cl2N5O2. The summed E-state index contributed by atoms with van der Waals surface area (Å²) in [6, 6.07) is 9.00. The molecule has 2 aliphatic rings. The highest BCUT2D eigenvalue weighted by molar-refractivity contribution is 6.30. The second-order valence-corrected chi connectivity index (χ2v) is 8.58. The lowest BCUT2D eigenvalue weighted by atomic mass is 9.82. The molecule has 0 N–H and O–H groups in total. The van der Waals surface area contributed by atoms with Gasteiger partial charge in [-0.25, -0.2) is 0 Å². The Hall–Kier alpha value is -2.38. The Labute approximate surface area is 179 Å². The third kappa shape index (κ3) is 3.53. The maximum absolute atomic E-state index is 13.4. The number of anilines is 1. The number of carbonyl (C=O) groups excluding carboxylic acids is 2. The zero-order chi connectivity index (χ0) is 20.8. The first-order valence-corrected chi connectivity index (χ1v) is 10.1. The van der Waals surface area contributed by atoms with Crippen LogP contribution >= 0.6 is 23.2 Å². The van der Waals surface area contributed by atoms with Crippen molar-refractivity contribution < 1.29 is 9.59 Å². The van der Waals surface area contributed by atoms with Gasteiger partial charge in [-0.1, -0.05) is 35.3 Å². The van der Waals surface area contributed by atoms with Crippen LogP contribution in [-0.4, -0.2) is 63.0 Å². The van der Waals surface area contributed by atoms with Crippen molar-refractivity contribution in [2.24, 2.45) is 0 Å². The van der Waals surface area contributed by atoms with Gasteiger partial charge >= 0.3 is 0 Å². The average molecular weight is 434 g/mol. The van der Waals surface area contributed by atoms with E-state index in [1.54, 1.807) is 34.2 Å². The monoisotopic (exact) mass is 433 g/mol. The van der Waals surface area contributed by atoms with Gasteiger partial charge in [0.2, 0.25) is 5.91 Å². The molecule has 0 aliphatic carbocycles. The van der Waals surface area contributed by atoms with Crippen molar-refractivity contribution in [3.8, 4) is 0 Å². The molecule has 0 unspecified atom stereocenters. The molecule has 3 heterocycles. The van der Waals surface area contributed by atoms with E-state index in [-0.39, 0.29) is 29.6 Å². The van der Waals surface area contributed by atoms with Crippen molar-refractivity contribution in [3.05, 3.63) is 52.3 Å². The molecule has 2 fully saturated rings. The fourth-order valence-electron chi connectivity index (χ4n) is 3.93. The quantitative estimate of drug-likeness (QED) is 0.740. The first kappa shape index (κ1) is 19.9. The minimum Gasteiger partial charge on any atom is -0.364 e. The minimum absolute atomic E-state index is 0.0228. The van der Waals surface area contributed by atoms with Gasteiger partial charge < -0.3 is 14.7 Å². The van der Waals surface area contributed by atoms with E-state index in [4.69, 9.17) is 23.2 Å². The summed E-state index contributed by atoms with van der Waals surface area (Å²) in [6.45, 7) is 5.08. The Balaban J connectivity index is 1.64. The summed E-state index contributed by atoms with van der Waals surface area (Å²) in [5.74, 6) is -0.0794. The Morgan fingerprint density at radius 1 is 1.14 bits per heavy atom. The maximum Gasteiger partial charge on any atom is 0.252 e. The first-order chi connectivity index (χ1) is 13.8. The molecule has 2 amide bonds. The highest BCUT2D eigenvalue weighted by atomic mass is 35.5. The smallest absolute Gasteiger partial charge is 0.252 e. The Morgan fingerprint density at radius 2 is 1.83 bits per heavy atom. The average Bonchev–Trinajstić information content (AvgIpc) is 2.64. The van der Waals surface area contributed by atoms with Crippen LogP contribution in [0.15, 0.2) is 36.5 Å². The van der Waals surface area contributed by atoms with Crippen molar-refractivity contribution >= 4 is 40.7 Å². The Kier molecular flexibility index (Phi) is 5.12. The third-order valence-corrected chi connectivity index (χ3v) is 5.98. The minimum atomic E-state index is -0.908. The maximum atomic E-state index is 13.4. The van der Waals surface area contributed by atoms with Gasteiger partial charge in [0.25, 0.3) is 5.91 Å². The largest absolute Gasteiger partial charge is 0.364 e. The van der Waals surface area contributed by atoms with Gasteiger partial charge in [0.15, 0.2) is 10.7 Å². The predicted molar refractivity (Wildman–Crippen MR) is 111 cm³/mol. The van der Waals surface area contributed by atoms with Crippen LogP contribution in [-0.2, 0) is 16.1 Å². The lowest BCUT2D eigenvalue weighted by molar-refractivity contribution is -0.170. The van der Waals surface area contributed by atoms with Crippen LogP contribution in [0.25, 0.3) is 0 Å². The Bertz CT molecular complexity index is 944. The topological polar surface area (TPSA) is 69.6 Å². The van der Waals surface area contributed by atoms with Crippen LogP contribution in [0.4, 0.5) is 5.69 Å². The van der Waals surface area contributed by atoms with Crippen molar-refractivity contribution in [2.45, 2.75) is 32.0 Å². The number of amides is 2. The lowest BCUT2D eigenvalue weighted by Gasteiger charge is -2.59. The summed E-state index contributed by atoms with van der Waals surface area (Å²) in [6.07, 6.45) is 1.61. The van der Waals surface area contributed by atoms with Gasteiger partial charge in [-0.3, -0.25) is 9.59 Å². The molecule has 7 nitrogen and oxygen atoms in total. The molecular weight excluding hydrogens is 413 g/mol. The van der Waals surface area contributed by atoms with Crippen LogP contribution in [0, 0.1) is 0 Å². The van der Waals surface area contributed by atoms with Crippen molar-refractivity contribution in [2.75, 3.05) is 24.5 Å². The number of benzene rings is 1. The number of piperazine rings is 1. The van der Waals surface area contributed by atoms with E-state index in [1.165, 1.54) is 0 Å². The Morgan fingerprint density at radius 3 is 2.45 bits per heavy atom. The van der Waals surface area contributed by atoms with Crippen molar-refractivity contribution in [1.82, 2.24) is 20.0 Å². The van der Waals surface area contributed by atoms with Crippen LogP contribution < -0.4 is 4.90 Å². The molecule has 2 aromatic rings. The van der Waals surface area contributed by atoms with E-state index < -0.39 is 5.54 Å². The highest BCUT2D eigenvalue weighted by Gasteiger charge is 2.59. The third-order valence-electron chi connectivity index (χ3n) is 5.54. The normalized spacial score (nSPS) is 18.6. The SMILES string of the molecule is CC(C)N1CC(=O)N(Cc2ccc(Cl)cc2)C2(CN(c3cnnc(Cl)c3)C2)C1=O. The fourth-order valence-corrected chi connectivity index (χ4v) is 4.21. The number of nitrogens with zero attached hydrogens (tertiary/aromatic N) is 5. The molecule has 152 valence electrons. The zero-order valence-corrected chi connectivity index (χ0v) is 17.7. The summed E-state index contributed by atoms with van der Waals surface area (Å²) < 4.78 is 0. The van der Waals surface area contributed by atoms with Gasteiger partial charge in [0, 0.05) is 23.7 Å². The van der Waals surface area contributed by atoms with Gasteiger partial charge in [0.1, 0.15) is 6.54 Å². The summed E-state index contributed by atoms with van der Waals surface area (Å²) in [5, 5.41) is 8.56. The summed E-state index contributed by atoms with van der Waals surface area (Å²) >= 11 is 11.9. The molecule has 0 bridgehead atoms. The van der Waals surface area contributed by atoms with Gasteiger partial charge in [-0.2, -0.15) is 5.10 Å². The van der Waals surface area contributed by atoms with Crippen molar-refractivity contribution in [3.63, 3.8) is 0 Å². The van der Waals surface area contributed by atoms with Gasteiger partial charge in [-0.05, 0) is 31.5 Å². The molecule has 1 spiro atoms. The van der Waals surface area contributed by atoms with Crippen LogP contribution in [0.3, 0.4) is 0 Å². The molecule has 1 aromatic carbocycles. The van der Waals surface area contributed by atoms with Crippen molar-refractivity contribution in [1.29, 1.82) is 0 Å². The van der Waals surface area contributed by atoms with Crippen LogP contribution in [0.1, 0.15) is 19.4 Å². The predicted octanol–water partition coefficient (Wildman–Crippen LogP) is 2.62. The van der Waals surface area contributed by atoms with E-state index in [1.807, 2.05) is 30.9 Å². The van der Waals surface area contributed by atoms with E-state index in [0.29, 0.717) is 24.7 Å². The molecule has 2 aliphatic heterocycles. The lowest BCUT2D eigenvalue weighted by Crippen LogP contribution is -2.81. The first-order valence-electron chi connectivity index (χ1n) is 9.39. The number of carbonyl (C=O) groups is 2. The fraction of sp³-hybridized carbons (Fsp3) is 0.400. The molecule has 0 atom stereocenters. The molecule has 0 radical (unpaired) electrons. The van der Waals surface area contributed by atoms with Crippen LogP contribution in [0.5, 0.6) is 0 Å². The number of aromatic nitrogens is 2. The summed E-state index contributed by atoms with van der Waals surface area (Å²) in [7, 11) is 0. The zero-order valence-electron chi connectivity index (χ0n) is 16.2. The highest BCUT2D eigenvalue weighted by Crippen LogP contribution is 2.38. The van der Waals surface area contributed by atoms with E-state index >= 15 is 0 Å².